The minimum Gasteiger partial charge on any atom is -0.378 e. The van der Waals surface area contributed by atoms with Crippen molar-refractivity contribution in [1.29, 1.82) is 0 Å². The number of carbonyl (C=O) groups is 1. The molecule has 2 heterocycles. The maximum absolute atomic E-state index is 12.6. The van der Waals surface area contributed by atoms with Gasteiger partial charge in [-0.1, -0.05) is 41.6 Å². The molecule has 5 nitrogen and oxygen atoms in total. The number of carbonyl (C=O) groups excluding carboxylic acids is 1. The summed E-state index contributed by atoms with van der Waals surface area (Å²) < 4.78 is 6.30. The largest absolute Gasteiger partial charge is 0.378 e. The zero-order valence-electron chi connectivity index (χ0n) is 17.1. The van der Waals surface area contributed by atoms with Gasteiger partial charge in [0.05, 0.1) is 24.2 Å². The highest BCUT2D eigenvalue weighted by Gasteiger charge is 2.17. The third-order valence-corrected chi connectivity index (χ3v) is 7.06. The quantitative estimate of drug-likeness (QED) is 0.543. The lowest BCUT2D eigenvalue weighted by atomic mass is 10.1. The molecule has 1 saturated heterocycles. The predicted molar refractivity (Wildman–Crippen MR) is 126 cm³/mol. The lowest BCUT2D eigenvalue weighted by Gasteiger charge is -2.28. The van der Waals surface area contributed by atoms with Gasteiger partial charge in [-0.15, -0.1) is 11.3 Å². The standard InChI is InChI=1S/C23H25N3O2S2/c1-16-3-5-18(6-4-16)21-15-29-23(25-21)30-17(2)22(27)24-19-7-9-20(10-8-19)26-11-13-28-14-12-26/h3-10,15,17H,11-14H2,1-2H3,(H,24,27). The second kappa shape index (κ2) is 9.64. The molecule has 0 radical (unpaired) electrons. The van der Waals surface area contributed by atoms with E-state index in [0.717, 1.165) is 53.3 Å². The van der Waals surface area contributed by atoms with Gasteiger partial charge in [-0.2, -0.15) is 0 Å². The van der Waals surface area contributed by atoms with E-state index >= 15 is 0 Å². The van der Waals surface area contributed by atoms with Gasteiger partial charge in [0, 0.05) is 35.4 Å². The number of hydrogen-bond donors (Lipinski definition) is 1. The Balaban J connectivity index is 1.33. The van der Waals surface area contributed by atoms with Crippen LogP contribution in [0.5, 0.6) is 0 Å². The van der Waals surface area contributed by atoms with Gasteiger partial charge in [0.1, 0.15) is 0 Å². The Morgan fingerprint density at radius 3 is 2.53 bits per heavy atom. The number of aryl methyl sites for hydroxylation is 1. The first-order chi connectivity index (χ1) is 14.6. The molecule has 1 unspecified atom stereocenters. The molecular weight excluding hydrogens is 414 g/mol. The molecule has 0 aliphatic carbocycles. The molecule has 1 fully saturated rings. The minimum absolute atomic E-state index is 0.0220. The highest BCUT2D eigenvalue weighted by atomic mass is 32.2. The summed E-state index contributed by atoms with van der Waals surface area (Å²) in [5.41, 5.74) is 5.25. The van der Waals surface area contributed by atoms with Crippen molar-refractivity contribution in [2.24, 2.45) is 0 Å². The van der Waals surface area contributed by atoms with Crippen molar-refractivity contribution in [3.05, 3.63) is 59.5 Å². The molecule has 1 aliphatic rings. The molecule has 1 aromatic heterocycles. The summed E-state index contributed by atoms with van der Waals surface area (Å²) in [6.07, 6.45) is 0. The summed E-state index contributed by atoms with van der Waals surface area (Å²) in [7, 11) is 0. The topological polar surface area (TPSA) is 54.5 Å². The maximum atomic E-state index is 12.6. The second-order valence-electron chi connectivity index (χ2n) is 7.26. The van der Waals surface area contributed by atoms with Crippen LogP contribution in [0, 0.1) is 6.92 Å². The normalized spacial score (nSPS) is 15.1. The molecule has 2 aromatic carbocycles. The molecular formula is C23H25N3O2S2. The van der Waals surface area contributed by atoms with Crippen LogP contribution in [0.4, 0.5) is 11.4 Å². The molecule has 7 heteroatoms. The maximum Gasteiger partial charge on any atom is 0.237 e. The summed E-state index contributed by atoms with van der Waals surface area (Å²) in [6, 6.07) is 16.3. The molecule has 1 aliphatic heterocycles. The molecule has 1 N–H and O–H groups in total. The highest BCUT2D eigenvalue weighted by Crippen LogP contribution is 2.31. The monoisotopic (exact) mass is 439 g/mol. The first-order valence-electron chi connectivity index (χ1n) is 10.0. The highest BCUT2D eigenvalue weighted by molar-refractivity contribution is 8.02. The van der Waals surface area contributed by atoms with Crippen molar-refractivity contribution >= 4 is 40.4 Å². The number of thioether (sulfide) groups is 1. The zero-order valence-corrected chi connectivity index (χ0v) is 18.8. The number of amides is 1. The summed E-state index contributed by atoms with van der Waals surface area (Å²) in [4.78, 5) is 19.6. The molecule has 1 atom stereocenters. The fourth-order valence-electron chi connectivity index (χ4n) is 3.19. The van der Waals surface area contributed by atoms with Crippen molar-refractivity contribution in [2.45, 2.75) is 23.4 Å². The molecule has 30 heavy (non-hydrogen) atoms. The van der Waals surface area contributed by atoms with Gasteiger partial charge in [0.2, 0.25) is 5.91 Å². The summed E-state index contributed by atoms with van der Waals surface area (Å²) in [5.74, 6) is -0.0220. The van der Waals surface area contributed by atoms with Gasteiger partial charge in [0.15, 0.2) is 4.34 Å². The van der Waals surface area contributed by atoms with Gasteiger partial charge in [-0.3, -0.25) is 4.79 Å². The van der Waals surface area contributed by atoms with Gasteiger partial charge >= 0.3 is 0 Å². The molecule has 1 amide bonds. The smallest absolute Gasteiger partial charge is 0.237 e. The Morgan fingerprint density at radius 2 is 1.83 bits per heavy atom. The van der Waals surface area contributed by atoms with E-state index in [1.165, 1.54) is 17.3 Å². The Morgan fingerprint density at radius 1 is 1.13 bits per heavy atom. The number of morpholine rings is 1. The summed E-state index contributed by atoms with van der Waals surface area (Å²) >= 11 is 3.06. The number of thiazole rings is 1. The van der Waals surface area contributed by atoms with Crippen LogP contribution in [0.2, 0.25) is 0 Å². The molecule has 4 rings (SSSR count). The van der Waals surface area contributed by atoms with E-state index < -0.39 is 0 Å². The lowest BCUT2D eigenvalue weighted by Crippen LogP contribution is -2.36. The van der Waals surface area contributed by atoms with Crippen LogP contribution in [0.25, 0.3) is 11.3 Å². The first-order valence-corrected chi connectivity index (χ1v) is 11.8. The third kappa shape index (κ3) is 5.22. The van der Waals surface area contributed by atoms with E-state index in [9.17, 15) is 4.79 Å². The van der Waals surface area contributed by atoms with E-state index in [0.29, 0.717) is 0 Å². The van der Waals surface area contributed by atoms with Gasteiger partial charge in [-0.25, -0.2) is 4.98 Å². The Bertz CT molecular complexity index is 980. The number of hydrogen-bond acceptors (Lipinski definition) is 6. The minimum atomic E-state index is -0.235. The Labute approximate surface area is 185 Å². The van der Waals surface area contributed by atoms with Crippen molar-refractivity contribution in [2.75, 3.05) is 36.5 Å². The van der Waals surface area contributed by atoms with Crippen molar-refractivity contribution in [3.63, 3.8) is 0 Å². The molecule has 0 spiro atoms. The average molecular weight is 440 g/mol. The Hall–Kier alpha value is -2.35. The van der Waals surface area contributed by atoms with Gasteiger partial charge in [0.25, 0.3) is 0 Å². The van der Waals surface area contributed by atoms with Gasteiger partial charge < -0.3 is 15.0 Å². The van der Waals surface area contributed by atoms with Gasteiger partial charge in [-0.05, 0) is 38.1 Å². The van der Waals surface area contributed by atoms with E-state index in [4.69, 9.17) is 4.74 Å². The van der Waals surface area contributed by atoms with E-state index in [1.807, 2.05) is 36.6 Å². The van der Waals surface area contributed by atoms with Crippen LogP contribution < -0.4 is 10.2 Å². The fraction of sp³-hybridized carbons (Fsp3) is 0.304. The van der Waals surface area contributed by atoms with E-state index in [2.05, 4.69) is 46.4 Å². The SMILES string of the molecule is Cc1ccc(-c2csc(SC(C)C(=O)Nc3ccc(N4CCOCC4)cc3)n2)cc1. The van der Waals surface area contributed by atoms with Crippen LogP contribution >= 0.6 is 23.1 Å². The van der Waals surface area contributed by atoms with E-state index in [1.54, 1.807) is 11.3 Å². The number of benzene rings is 2. The first kappa shape index (κ1) is 20.9. The van der Waals surface area contributed by atoms with Crippen LogP contribution in [0.15, 0.2) is 58.3 Å². The van der Waals surface area contributed by atoms with Crippen molar-refractivity contribution < 1.29 is 9.53 Å². The number of rotatable bonds is 6. The number of anilines is 2. The van der Waals surface area contributed by atoms with Crippen molar-refractivity contribution in [1.82, 2.24) is 4.98 Å². The fourth-order valence-corrected chi connectivity index (χ4v) is 5.17. The number of nitrogens with zero attached hydrogens (tertiary/aromatic N) is 2. The Kier molecular flexibility index (Phi) is 6.72. The molecule has 156 valence electrons. The number of ether oxygens (including phenoxy) is 1. The molecule has 0 bridgehead atoms. The van der Waals surface area contributed by atoms with Crippen LogP contribution in [-0.2, 0) is 9.53 Å². The van der Waals surface area contributed by atoms with Crippen molar-refractivity contribution in [3.8, 4) is 11.3 Å². The summed E-state index contributed by atoms with van der Waals surface area (Å²) in [5, 5.41) is 4.82. The average Bonchev–Trinajstić information content (AvgIpc) is 3.24. The lowest BCUT2D eigenvalue weighted by molar-refractivity contribution is -0.115. The predicted octanol–water partition coefficient (Wildman–Crippen LogP) is 5.07. The van der Waals surface area contributed by atoms with E-state index in [-0.39, 0.29) is 11.2 Å². The zero-order chi connectivity index (χ0) is 20.9. The van der Waals surface area contributed by atoms with Crippen LogP contribution in [0.3, 0.4) is 0 Å². The second-order valence-corrected chi connectivity index (χ2v) is 9.71. The third-order valence-electron chi connectivity index (χ3n) is 4.99. The molecule has 0 saturated carbocycles. The number of nitrogens with one attached hydrogen (secondary N) is 1. The molecule has 3 aromatic rings. The number of aromatic nitrogens is 1. The van der Waals surface area contributed by atoms with Crippen LogP contribution in [-0.4, -0.2) is 42.4 Å². The summed E-state index contributed by atoms with van der Waals surface area (Å²) in [6.45, 7) is 7.30. The van der Waals surface area contributed by atoms with Crippen LogP contribution in [0.1, 0.15) is 12.5 Å².